The molecule has 1 N–H and O–H groups in total. The van der Waals surface area contributed by atoms with Crippen LogP contribution in [0.15, 0.2) is 18.2 Å². The number of ether oxygens (including phenoxy) is 1. The average Bonchev–Trinajstić information content (AvgIpc) is 2.34. The van der Waals surface area contributed by atoms with Gasteiger partial charge in [0, 0.05) is 0 Å². The van der Waals surface area contributed by atoms with Gasteiger partial charge in [-0.25, -0.2) is 4.79 Å². The molecule has 0 bridgehead atoms. The topological polar surface area (TPSA) is 80.7 Å². The molecule has 0 aliphatic rings. The Kier molecular flexibility index (Phi) is 5.69. The molecule has 4 radical (unpaired) electrons. The standard InChI is InChI=1S/C11H9B2F3O5S/c12-4-6-1-7(3-8(13)2-6)10(17)21-9(11(14,15)16)5-22(18,19)20/h1-3,9H,4-5H2,(H,18,19,20). The second-order valence-corrected chi connectivity index (χ2v) is 5.85. The largest absolute Gasteiger partial charge is 0.448 e. The Bertz CT molecular complexity index is 660. The molecule has 1 unspecified atom stereocenters. The van der Waals surface area contributed by atoms with Crippen molar-refractivity contribution in [2.45, 2.75) is 18.6 Å². The number of benzene rings is 1. The molecule has 0 fully saturated rings. The molecule has 0 amide bonds. The highest BCUT2D eigenvalue weighted by atomic mass is 32.2. The summed E-state index contributed by atoms with van der Waals surface area (Å²) in [5.74, 6) is -3.23. The normalized spacial score (nSPS) is 13.6. The fourth-order valence-corrected chi connectivity index (χ4v) is 2.18. The van der Waals surface area contributed by atoms with Crippen molar-refractivity contribution in [1.29, 1.82) is 0 Å². The Morgan fingerprint density at radius 2 is 1.91 bits per heavy atom. The van der Waals surface area contributed by atoms with E-state index in [0.717, 1.165) is 6.07 Å². The summed E-state index contributed by atoms with van der Waals surface area (Å²) >= 11 is 0. The molecule has 1 rings (SSSR count). The number of hydrogen-bond donors (Lipinski definition) is 1. The predicted octanol–water partition coefficient (Wildman–Crippen LogP) is 0.124. The van der Waals surface area contributed by atoms with Crippen LogP contribution in [0, 0.1) is 0 Å². The van der Waals surface area contributed by atoms with Crippen LogP contribution in [0.2, 0.25) is 0 Å². The van der Waals surface area contributed by atoms with Gasteiger partial charge >= 0.3 is 12.1 Å². The molecule has 1 aromatic rings. The maximum Gasteiger partial charge on any atom is 0.426 e. The van der Waals surface area contributed by atoms with Gasteiger partial charge in [-0.2, -0.15) is 21.6 Å². The van der Waals surface area contributed by atoms with Gasteiger partial charge in [-0.15, -0.1) is 0 Å². The number of hydrogen-bond acceptors (Lipinski definition) is 4. The van der Waals surface area contributed by atoms with E-state index < -0.39 is 34.1 Å². The second-order valence-electron chi connectivity index (χ2n) is 4.35. The summed E-state index contributed by atoms with van der Waals surface area (Å²) in [5, 5.41) is 0. The molecule has 0 saturated carbocycles. The summed E-state index contributed by atoms with van der Waals surface area (Å²) in [6, 6.07) is 3.64. The third kappa shape index (κ3) is 5.72. The average molecular weight is 332 g/mol. The van der Waals surface area contributed by atoms with Crippen LogP contribution in [-0.4, -0.2) is 52.7 Å². The molecule has 0 aromatic heterocycles. The van der Waals surface area contributed by atoms with Gasteiger partial charge < -0.3 is 4.74 Å². The summed E-state index contributed by atoms with van der Waals surface area (Å²) in [4.78, 5) is 11.7. The maximum atomic E-state index is 12.7. The third-order valence-corrected chi connectivity index (χ3v) is 3.19. The lowest BCUT2D eigenvalue weighted by Gasteiger charge is -2.19. The van der Waals surface area contributed by atoms with Crippen molar-refractivity contribution < 1.29 is 35.7 Å². The number of carbonyl (C=O) groups is 1. The Hall–Kier alpha value is -1.48. The van der Waals surface area contributed by atoms with E-state index in [1.807, 2.05) is 0 Å². The first kappa shape index (κ1) is 18.6. The molecule has 22 heavy (non-hydrogen) atoms. The molecule has 0 aliphatic heterocycles. The highest BCUT2D eigenvalue weighted by Crippen LogP contribution is 2.25. The third-order valence-electron chi connectivity index (χ3n) is 2.46. The van der Waals surface area contributed by atoms with Gasteiger partial charge in [-0.05, 0) is 6.07 Å². The quantitative estimate of drug-likeness (QED) is 0.471. The van der Waals surface area contributed by atoms with E-state index in [9.17, 15) is 26.4 Å². The first-order chi connectivity index (χ1) is 9.92. The van der Waals surface area contributed by atoms with Crippen LogP contribution < -0.4 is 5.46 Å². The Labute approximate surface area is 127 Å². The fourth-order valence-electron chi connectivity index (χ4n) is 1.54. The van der Waals surface area contributed by atoms with Crippen molar-refractivity contribution in [1.82, 2.24) is 0 Å². The number of alkyl halides is 3. The molecular formula is C11H9B2F3O5S. The van der Waals surface area contributed by atoms with E-state index in [1.54, 1.807) is 0 Å². The zero-order valence-corrected chi connectivity index (χ0v) is 11.8. The van der Waals surface area contributed by atoms with Crippen molar-refractivity contribution in [2.75, 3.05) is 5.75 Å². The molecule has 1 aromatic carbocycles. The van der Waals surface area contributed by atoms with E-state index in [2.05, 4.69) is 4.74 Å². The zero-order valence-electron chi connectivity index (χ0n) is 11.0. The van der Waals surface area contributed by atoms with E-state index in [4.69, 9.17) is 20.2 Å². The van der Waals surface area contributed by atoms with E-state index in [-0.39, 0.29) is 17.3 Å². The smallest absolute Gasteiger partial charge is 0.426 e. The van der Waals surface area contributed by atoms with Crippen LogP contribution in [0.1, 0.15) is 15.9 Å². The fraction of sp³-hybridized carbons (Fsp3) is 0.364. The highest BCUT2D eigenvalue weighted by molar-refractivity contribution is 7.85. The number of rotatable bonds is 5. The molecular weight excluding hydrogens is 323 g/mol. The van der Waals surface area contributed by atoms with Crippen molar-refractivity contribution in [3.63, 3.8) is 0 Å². The zero-order chi connectivity index (χ0) is 17.1. The molecule has 0 heterocycles. The summed E-state index contributed by atoms with van der Waals surface area (Å²) in [6.45, 7) is 0. The summed E-state index contributed by atoms with van der Waals surface area (Å²) in [7, 11) is 5.81. The molecule has 5 nitrogen and oxygen atoms in total. The maximum absolute atomic E-state index is 12.7. The SMILES string of the molecule is [B]Cc1cc([B])cc(C(=O)OC(CS(=O)(=O)O)C(F)(F)F)c1. The molecule has 0 aliphatic carbocycles. The molecule has 116 valence electrons. The van der Waals surface area contributed by atoms with Gasteiger partial charge in [0.05, 0.1) is 13.4 Å². The molecule has 0 spiro atoms. The van der Waals surface area contributed by atoms with E-state index in [0.29, 0.717) is 5.56 Å². The Balaban J connectivity index is 3.03. The summed E-state index contributed by atoms with van der Waals surface area (Å²) in [5.41, 5.74) is 0.142. The Morgan fingerprint density at radius 1 is 1.32 bits per heavy atom. The highest BCUT2D eigenvalue weighted by Gasteiger charge is 2.45. The lowest BCUT2D eigenvalue weighted by Crippen LogP contribution is -2.39. The molecule has 11 heteroatoms. The minimum Gasteiger partial charge on any atom is -0.448 e. The predicted molar refractivity (Wildman–Crippen MR) is 73.0 cm³/mol. The van der Waals surface area contributed by atoms with E-state index in [1.165, 1.54) is 12.1 Å². The van der Waals surface area contributed by atoms with Crippen LogP contribution in [0.4, 0.5) is 13.2 Å². The van der Waals surface area contributed by atoms with Gasteiger partial charge in [0.15, 0.2) is 0 Å². The van der Waals surface area contributed by atoms with Crippen molar-refractivity contribution in [3.05, 3.63) is 29.3 Å². The van der Waals surface area contributed by atoms with Crippen molar-refractivity contribution in [3.8, 4) is 0 Å². The number of halogens is 3. The second kappa shape index (κ2) is 6.74. The Morgan fingerprint density at radius 3 is 2.36 bits per heavy atom. The first-order valence-electron chi connectivity index (χ1n) is 5.74. The van der Waals surface area contributed by atoms with Gasteiger partial charge in [-0.1, -0.05) is 29.5 Å². The van der Waals surface area contributed by atoms with Crippen LogP contribution in [-0.2, 0) is 21.2 Å². The summed E-state index contributed by atoms with van der Waals surface area (Å²) < 4.78 is 71.8. The monoisotopic (exact) mass is 332 g/mol. The lowest BCUT2D eigenvalue weighted by molar-refractivity contribution is -0.197. The number of esters is 1. The van der Waals surface area contributed by atoms with Crippen LogP contribution in [0.25, 0.3) is 0 Å². The lowest BCUT2D eigenvalue weighted by atomic mass is 9.87. The van der Waals surface area contributed by atoms with Crippen LogP contribution in [0.3, 0.4) is 0 Å². The van der Waals surface area contributed by atoms with Gasteiger partial charge in [0.25, 0.3) is 10.1 Å². The molecule has 0 saturated heterocycles. The van der Waals surface area contributed by atoms with E-state index >= 15 is 0 Å². The van der Waals surface area contributed by atoms with Gasteiger partial charge in [-0.3, -0.25) is 4.55 Å². The van der Waals surface area contributed by atoms with Crippen LogP contribution >= 0.6 is 0 Å². The minimum atomic E-state index is -5.16. The van der Waals surface area contributed by atoms with Gasteiger partial charge in [0.1, 0.15) is 13.6 Å². The number of carbonyl (C=O) groups excluding carboxylic acids is 1. The summed E-state index contributed by atoms with van der Waals surface area (Å²) in [6.07, 6.45) is -8.18. The van der Waals surface area contributed by atoms with Crippen molar-refractivity contribution >= 4 is 37.2 Å². The van der Waals surface area contributed by atoms with Crippen LogP contribution in [0.5, 0.6) is 0 Å². The molecule has 1 atom stereocenters. The first-order valence-corrected chi connectivity index (χ1v) is 7.35. The van der Waals surface area contributed by atoms with Crippen molar-refractivity contribution in [2.24, 2.45) is 0 Å². The van der Waals surface area contributed by atoms with Gasteiger partial charge in [0.2, 0.25) is 6.10 Å². The minimum absolute atomic E-state index is 0.0148.